The van der Waals surface area contributed by atoms with E-state index in [2.05, 4.69) is 0 Å². The minimum atomic E-state index is -1.46. The number of rotatable bonds is 4. The molecule has 1 saturated heterocycles. The molecule has 2 heterocycles. The Labute approximate surface area is 233 Å². The second kappa shape index (κ2) is 9.68. The highest BCUT2D eigenvalue weighted by Crippen LogP contribution is 2.70. The summed E-state index contributed by atoms with van der Waals surface area (Å²) in [6, 6.07) is 0. The fourth-order valence-electron chi connectivity index (χ4n) is 10.0. The Morgan fingerprint density at radius 3 is 2.42 bits per heavy atom. The third-order valence-corrected chi connectivity index (χ3v) is 12.1. The fourth-order valence-corrected chi connectivity index (χ4v) is 10.0. The molecule has 7 N–H and O–H groups in total. The lowest BCUT2D eigenvalue weighted by atomic mass is 9.40. The van der Waals surface area contributed by atoms with Crippen LogP contribution in [0.4, 0.5) is 0 Å². The van der Waals surface area contributed by atoms with Crippen LogP contribution >= 0.6 is 0 Å². The first kappa shape index (κ1) is 28.9. The second-order valence-corrected chi connectivity index (χ2v) is 13.7. The van der Waals surface area contributed by atoms with Gasteiger partial charge in [-0.25, -0.2) is 4.79 Å². The smallest absolute Gasteiger partial charge is 0.331 e. The zero-order valence-electron chi connectivity index (χ0n) is 23.2. The predicted octanol–water partition coefficient (Wildman–Crippen LogP) is -0.486. The van der Waals surface area contributed by atoms with E-state index < -0.39 is 70.9 Å². The van der Waals surface area contributed by atoms with Gasteiger partial charge < -0.3 is 50.0 Å². The molecular formula is C29H44O11. The standard InChI is InChI=1S/C29H44O11/c1-14-22(33)23(34)24(35)25(39-14)40-16-3-6-27(13-30)21-18(4-7-28(27,36)10-16)29(37)8-5-17(15-9-20(32)38-12-15)26(29,2)11-19(21)31/h9,14,16-19,21-25,30-31,33-37H,3-8,10-13H2,1-2H3/t14-,16-,17+,18+,19+,21+,22-,23+,24+,25-,26+,27-,28-,29-/m0/s1. The van der Waals surface area contributed by atoms with Crippen molar-refractivity contribution in [2.75, 3.05) is 13.2 Å². The van der Waals surface area contributed by atoms with Gasteiger partial charge in [0.2, 0.25) is 0 Å². The van der Waals surface area contributed by atoms with E-state index in [1.54, 1.807) is 6.92 Å². The Morgan fingerprint density at radius 1 is 1.00 bits per heavy atom. The monoisotopic (exact) mass is 568 g/mol. The molecule has 6 rings (SSSR count). The van der Waals surface area contributed by atoms with E-state index in [4.69, 9.17) is 14.2 Å². The number of carbonyl (C=O) groups is 1. The Morgan fingerprint density at radius 2 is 1.75 bits per heavy atom. The summed E-state index contributed by atoms with van der Waals surface area (Å²) < 4.78 is 16.8. The van der Waals surface area contributed by atoms with Gasteiger partial charge >= 0.3 is 5.97 Å². The first-order valence-electron chi connectivity index (χ1n) is 14.8. The summed E-state index contributed by atoms with van der Waals surface area (Å²) in [4.78, 5) is 11.8. The van der Waals surface area contributed by atoms with Crippen molar-refractivity contribution in [3.63, 3.8) is 0 Å². The van der Waals surface area contributed by atoms with Gasteiger partial charge in [-0.05, 0) is 69.3 Å². The third-order valence-electron chi connectivity index (χ3n) is 12.1. The average Bonchev–Trinajstić information content (AvgIpc) is 3.45. The maximum absolute atomic E-state index is 12.4. The molecule has 4 saturated carbocycles. The summed E-state index contributed by atoms with van der Waals surface area (Å²) in [6.07, 6.45) is -2.94. The normalized spacial score (nSPS) is 56.1. The second-order valence-electron chi connectivity index (χ2n) is 13.7. The van der Waals surface area contributed by atoms with Gasteiger partial charge in [0, 0.05) is 29.2 Å². The van der Waals surface area contributed by atoms with Gasteiger partial charge in [0.15, 0.2) is 6.29 Å². The molecule has 0 amide bonds. The van der Waals surface area contributed by atoms with E-state index in [1.165, 1.54) is 6.08 Å². The molecule has 0 spiro atoms. The number of ether oxygens (including phenoxy) is 3. The molecule has 0 aromatic rings. The van der Waals surface area contributed by atoms with E-state index >= 15 is 0 Å². The van der Waals surface area contributed by atoms with Gasteiger partial charge in [0.1, 0.15) is 24.9 Å². The molecule has 0 aromatic carbocycles. The zero-order valence-corrected chi connectivity index (χ0v) is 23.2. The summed E-state index contributed by atoms with van der Waals surface area (Å²) in [5, 5.41) is 77.8. The molecule has 11 nitrogen and oxygen atoms in total. The Bertz CT molecular complexity index is 1050. The maximum Gasteiger partial charge on any atom is 0.331 e. The molecule has 226 valence electrons. The number of esters is 1. The van der Waals surface area contributed by atoms with Crippen molar-refractivity contribution >= 4 is 5.97 Å². The predicted molar refractivity (Wildman–Crippen MR) is 137 cm³/mol. The lowest BCUT2D eigenvalue weighted by Crippen LogP contribution is -2.72. The van der Waals surface area contributed by atoms with Crippen molar-refractivity contribution in [3.05, 3.63) is 11.6 Å². The van der Waals surface area contributed by atoms with Crippen LogP contribution in [0.3, 0.4) is 0 Å². The Hall–Kier alpha value is -1.15. The van der Waals surface area contributed by atoms with E-state index in [-0.39, 0.29) is 43.9 Å². The largest absolute Gasteiger partial charge is 0.458 e. The number of fused-ring (bicyclic) bond motifs is 5. The summed E-state index contributed by atoms with van der Waals surface area (Å²) in [5.74, 6) is -1.38. The molecule has 40 heavy (non-hydrogen) atoms. The summed E-state index contributed by atoms with van der Waals surface area (Å²) in [6.45, 7) is 3.41. The summed E-state index contributed by atoms with van der Waals surface area (Å²) >= 11 is 0. The quantitative estimate of drug-likeness (QED) is 0.171. The van der Waals surface area contributed by atoms with E-state index in [1.807, 2.05) is 6.92 Å². The van der Waals surface area contributed by atoms with Crippen LogP contribution in [0.1, 0.15) is 65.2 Å². The van der Waals surface area contributed by atoms with Crippen LogP contribution in [0.5, 0.6) is 0 Å². The summed E-state index contributed by atoms with van der Waals surface area (Å²) in [7, 11) is 0. The molecule has 11 heteroatoms. The number of aliphatic hydroxyl groups excluding tert-OH is 5. The van der Waals surface area contributed by atoms with Crippen LogP contribution in [-0.4, -0.2) is 109 Å². The minimum Gasteiger partial charge on any atom is -0.458 e. The number of hydrogen-bond acceptors (Lipinski definition) is 11. The van der Waals surface area contributed by atoms with Crippen molar-refractivity contribution in [1.82, 2.24) is 0 Å². The number of cyclic esters (lactones) is 1. The molecule has 0 bridgehead atoms. The minimum absolute atomic E-state index is 0.104. The lowest BCUT2D eigenvalue weighted by Gasteiger charge is -2.67. The highest BCUT2D eigenvalue weighted by molar-refractivity contribution is 5.85. The van der Waals surface area contributed by atoms with Crippen LogP contribution in [0, 0.1) is 28.6 Å². The highest BCUT2D eigenvalue weighted by Gasteiger charge is 2.73. The van der Waals surface area contributed by atoms with Gasteiger partial charge in [-0.15, -0.1) is 0 Å². The van der Waals surface area contributed by atoms with Crippen molar-refractivity contribution in [1.29, 1.82) is 0 Å². The molecule has 2 aliphatic heterocycles. The average molecular weight is 569 g/mol. The van der Waals surface area contributed by atoms with E-state index in [0.717, 1.165) is 5.57 Å². The molecule has 0 radical (unpaired) electrons. The first-order valence-corrected chi connectivity index (χ1v) is 14.8. The van der Waals surface area contributed by atoms with Gasteiger partial charge in [-0.1, -0.05) is 6.92 Å². The fraction of sp³-hybridized carbons (Fsp3) is 0.897. The van der Waals surface area contributed by atoms with Crippen molar-refractivity contribution < 1.29 is 54.8 Å². The van der Waals surface area contributed by atoms with Gasteiger partial charge in [-0.3, -0.25) is 0 Å². The summed E-state index contributed by atoms with van der Waals surface area (Å²) in [5.41, 5.74) is -3.43. The first-order chi connectivity index (χ1) is 18.8. The molecule has 5 fully saturated rings. The van der Waals surface area contributed by atoms with Crippen molar-refractivity contribution in [2.45, 2.75) is 119 Å². The number of hydrogen-bond donors (Lipinski definition) is 7. The van der Waals surface area contributed by atoms with Crippen LogP contribution in [0.15, 0.2) is 11.6 Å². The van der Waals surface area contributed by atoms with Gasteiger partial charge in [0.25, 0.3) is 0 Å². The van der Waals surface area contributed by atoms with Crippen molar-refractivity contribution in [2.24, 2.45) is 28.6 Å². The maximum atomic E-state index is 12.4. The SMILES string of the molecule is C[C@@H]1O[C@@H](O[C@H]2CC[C@]3(CO)[C@H]4[C@H](O)C[C@]5(C)[C@@H](C6=CC(=O)OC6)CC[C@]5(O)[C@@H]4CC[C@]3(O)C2)[C@H](O)[C@H](O)[C@H]1O. The Balaban J connectivity index is 1.25. The highest BCUT2D eigenvalue weighted by atomic mass is 16.7. The molecule has 4 aliphatic carbocycles. The van der Waals surface area contributed by atoms with Crippen LogP contribution in [0.2, 0.25) is 0 Å². The molecule has 0 aromatic heterocycles. The molecule has 6 aliphatic rings. The molecular weight excluding hydrogens is 524 g/mol. The van der Waals surface area contributed by atoms with Crippen molar-refractivity contribution in [3.8, 4) is 0 Å². The zero-order chi connectivity index (χ0) is 28.8. The van der Waals surface area contributed by atoms with E-state index in [9.17, 15) is 40.5 Å². The van der Waals surface area contributed by atoms with Crippen LogP contribution in [-0.2, 0) is 19.0 Å². The van der Waals surface area contributed by atoms with E-state index in [0.29, 0.717) is 38.5 Å². The third kappa shape index (κ3) is 3.85. The molecule has 0 unspecified atom stereocenters. The lowest BCUT2D eigenvalue weighted by molar-refractivity contribution is -0.327. The number of aliphatic hydroxyl groups is 7. The number of carbonyl (C=O) groups excluding carboxylic acids is 1. The van der Waals surface area contributed by atoms with Crippen LogP contribution < -0.4 is 0 Å². The van der Waals surface area contributed by atoms with Gasteiger partial charge in [-0.2, -0.15) is 0 Å². The Kier molecular flexibility index (Phi) is 7.01. The topological polar surface area (TPSA) is 186 Å². The van der Waals surface area contributed by atoms with Gasteiger partial charge in [0.05, 0.1) is 36.1 Å². The van der Waals surface area contributed by atoms with Crippen LogP contribution in [0.25, 0.3) is 0 Å². The molecule has 14 atom stereocenters.